The molecule has 3 heterocycles. The highest BCUT2D eigenvalue weighted by Gasteiger charge is 2.23. The number of nitrogens with zero attached hydrogens (tertiary/aromatic N) is 4. The van der Waals surface area contributed by atoms with Gasteiger partial charge in [0, 0.05) is 11.9 Å². The number of nitrogens with one attached hydrogen (secondary N) is 1. The molecule has 1 aliphatic rings. The van der Waals surface area contributed by atoms with Gasteiger partial charge in [0.05, 0.1) is 16.8 Å². The quantitative estimate of drug-likeness (QED) is 0.504. The summed E-state index contributed by atoms with van der Waals surface area (Å²) in [4.78, 5) is 46.0. The van der Waals surface area contributed by atoms with E-state index in [4.69, 9.17) is 0 Å². The molecule has 0 saturated carbocycles. The number of thiophene rings is 1. The van der Waals surface area contributed by atoms with Gasteiger partial charge in [0.25, 0.3) is 11.1 Å². The minimum Gasteiger partial charge on any atom is -0.318 e. The van der Waals surface area contributed by atoms with Crippen molar-refractivity contribution < 1.29 is 4.79 Å². The zero-order valence-corrected chi connectivity index (χ0v) is 19.7. The number of fused-ring (bicyclic) bond motifs is 3. The lowest BCUT2D eigenvalue weighted by Gasteiger charge is -2.12. The number of carbonyl (C=O) groups is 1. The molecule has 1 aliphatic carbocycles. The molecule has 5 rings (SSSR count). The van der Waals surface area contributed by atoms with Crippen molar-refractivity contribution in [1.29, 1.82) is 0 Å². The third kappa shape index (κ3) is 3.52. The third-order valence-corrected chi connectivity index (χ3v) is 7.57. The predicted molar refractivity (Wildman–Crippen MR) is 130 cm³/mol. The lowest BCUT2D eigenvalue weighted by molar-refractivity contribution is -0.116. The number of carbonyl (C=O) groups excluding carboxylic acids is 1. The van der Waals surface area contributed by atoms with Crippen LogP contribution in [-0.4, -0.2) is 24.8 Å². The van der Waals surface area contributed by atoms with E-state index in [-0.39, 0.29) is 23.4 Å². The van der Waals surface area contributed by atoms with E-state index in [0.717, 1.165) is 36.1 Å². The molecule has 8 nitrogen and oxygen atoms in total. The van der Waals surface area contributed by atoms with Crippen LogP contribution in [-0.2, 0) is 31.2 Å². The number of benzene rings is 1. The van der Waals surface area contributed by atoms with Gasteiger partial charge < -0.3 is 5.32 Å². The second-order valence-corrected chi connectivity index (χ2v) is 9.51. The zero-order chi connectivity index (χ0) is 23.3. The zero-order valence-electron chi connectivity index (χ0n) is 18.8. The summed E-state index contributed by atoms with van der Waals surface area (Å²) < 4.78 is 4.62. The molecule has 1 amide bonds. The molecule has 3 aromatic heterocycles. The third-order valence-electron chi connectivity index (χ3n) is 6.39. The van der Waals surface area contributed by atoms with Crippen molar-refractivity contribution in [2.45, 2.75) is 46.1 Å². The Morgan fingerprint density at radius 2 is 1.82 bits per heavy atom. The van der Waals surface area contributed by atoms with Crippen molar-refractivity contribution in [2.24, 2.45) is 7.05 Å². The molecule has 1 N–H and O–H groups in total. The van der Waals surface area contributed by atoms with Crippen molar-refractivity contribution in [1.82, 2.24) is 18.9 Å². The average molecular weight is 464 g/mol. The van der Waals surface area contributed by atoms with Gasteiger partial charge in [-0.15, -0.1) is 11.3 Å². The van der Waals surface area contributed by atoms with Gasteiger partial charge >= 0.3 is 0 Å². The van der Waals surface area contributed by atoms with Crippen molar-refractivity contribution >= 4 is 33.1 Å². The van der Waals surface area contributed by atoms with Crippen LogP contribution in [0.4, 0.5) is 5.69 Å². The standard InChI is InChI=1S/C24H25N5O3S/c1-14-21(24(32)29(27(14)3)16-9-5-4-6-10-16)26-19(30)13-28-15(2)25-22-20(23(28)31)17-11-7-8-12-18(17)33-22/h4-6,9-10H,7-8,11-13H2,1-3H3,(H,26,30). The van der Waals surface area contributed by atoms with Crippen LogP contribution in [0.3, 0.4) is 0 Å². The minimum absolute atomic E-state index is 0.182. The van der Waals surface area contributed by atoms with E-state index in [0.29, 0.717) is 22.6 Å². The molecule has 0 saturated heterocycles. The molecule has 0 fully saturated rings. The average Bonchev–Trinajstić information content (AvgIpc) is 3.27. The first-order chi connectivity index (χ1) is 15.9. The van der Waals surface area contributed by atoms with Crippen LogP contribution in [0.15, 0.2) is 39.9 Å². The maximum Gasteiger partial charge on any atom is 0.295 e. The molecule has 0 spiro atoms. The monoisotopic (exact) mass is 463 g/mol. The topological polar surface area (TPSA) is 90.9 Å². The van der Waals surface area contributed by atoms with Crippen LogP contribution in [0.25, 0.3) is 15.9 Å². The normalized spacial score (nSPS) is 13.3. The SMILES string of the molecule is Cc1nc2sc3c(c2c(=O)n1CC(=O)Nc1c(C)n(C)n(-c2ccccc2)c1=O)CCCC3. The fourth-order valence-corrected chi connectivity index (χ4v) is 5.86. The predicted octanol–water partition coefficient (Wildman–Crippen LogP) is 3.08. The number of anilines is 1. The largest absolute Gasteiger partial charge is 0.318 e. The van der Waals surface area contributed by atoms with E-state index in [2.05, 4.69) is 10.3 Å². The number of hydrogen-bond acceptors (Lipinski definition) is 5. The second-order valence-electron chi connectivity index (χ2n) is 8.43. The Balaban J connectivity index is 1.48. The highest BCUT2D eigenvalue weighted by Crippen LogP contribution is 2.33. The molecule has 0 unspecified atom stereocenters. The van der Waals surface area contributed by atoms with Gasteiger partial charge in [-0.3, -0.25) is 23.6 Å². The molecule has 33 heavy (non-hydrogen) atoms. The minimum atomic E-state index is -0.434. The van der Waals surface area contributed by atoms with Gasteiger partial charge in [0.15, 0.2) is 0 Å². The van der Waals surface area contributed by atoms with Crippen LogP contribution in [0.1, 0.15) is 34.8 Å². The fraction of sp³-hybridized carbons (Fsp3) is 0.333. The van der Waals surface area contributed by atoms with E-state index < -0.39 is 5.91 Å². The maximum absolute atomic E-state index is 13.3. The first kappa shape index (κ1) is 21.4. The van der Waals surface area contributed by atoms with Crippen LogP contribution >= 0.6 is 11.3 Å². The number of amides is 1. The number of aryl methyl sites for hydroxylation is 3. The van der Waals surface area contributed by atoms with Crippen LogP contribution in [0, 0.1) is 13.8 Å². The lowest BCUT2D eigenvalue weighted by Crippen LogP contribution is -2.31. The summed E-state index contributed by atoms with van der Waals surface area (Å²) in [5.74, 6) is 0.0594. The first-order valence-corrected chi connectivity index (χ1v) is 11.8. The highest BCUT2D eigenvalue weighted by atomic mass is 32.1. The summed E-state index contributed by atoms with van der Waals surface area (Å²) in [5, 5.41) is 3.39. The van der Waals surface area contributed by atoms with Crippen LogP contribution < -0.4 is 16.4 Å². The summed E-state index contributed by atoms with van der Waals surface area (Å²) in [6.07, 6.45) is 4.06. The Kier molecular flexibility index (Phi) is 5.28. The van der Waals surface area contributed by atoms with Crippen molar-refractivity contribution in [2.75, 3.05) is 5.32 Å². The molecular formula is C24H25N5O3S. The Hall–Kier alpha value is -3.46. The summed E-state index contributed by atoms with van der Waals surface area (Å²) in [7, 11) is 1.77. The summed E-state index contributed by atoms with van der Waals surface area (Å²) >= 11 is 1.59. The van der Waals surface area contributed by atoms with Gasteiger partial charge in [-0.25, -0.2) is 9.67 Å². The molecule has 9 heteroatoms. The van der Waals surface area contributed by atoms with Gasteiger partial charge in [-0.2, -0.15) is 0 Å². The molecule has 1 aromatic carbocycles. The molecule has 0 aliphatic heterocycles. The first-order valence-electron chi connectivity index (χ1n) is 11.0. The van der Waals surface area contributed by atoms with Crippen molar-refractivity contribution in [3.8, 4) is 5.69 Å². The summed E-state index contributed by atoms with van der Waals surface area (Å²) in [6, 6.07) is 9.24. The van der Waals surface area contributed by atoms with E-state index in [9.17, 15) is 14.4 Å². The maximum atomic E-state index is 13.3. The Bertz CT molecular complexity index is 1510. The van der Waals surface area contributed by atoms with E-state index in [1.165, 1.54) is 14.1 Å². The number of para-hydroxylation sites is 1. The smallest absolute Gasteiger partial charge is 0.295 e. The molecular weight excluding hydrogens is 438 g/mol. The fourth-order valence-electron chi connectivity index (χ4n) is 4.56. The summed E-state index contributed by atoms with van der Waals surface area (Å²) in [5.41, 5.74) is 2.13. The van der Waals surface area contributed by atoms with Gasteiger partial charge in [-0.05, 0) is 57.2 Å². The molecule has 0 bridgehead atoms. The molecule has 170 valence electrons. The van der Waals surface area contributed by atoms with E-state index >= 15 is 0 Å². The Morgan fingerprint density at radius 1 is 1.09 bits per heavy atom. The molecule has 0 radical (unpaired) electrons. The van der Waals surface area contributed by atoms with Crippen LogP contribution in [0.5, 0.6) is 0 Å². The van der Waals surface area contributed by atoms with Gasteiger partial charge in [0.1, 0.15) is 22.9 Å². The second kappa shape index (κ2) is 8.15. The number of rotatable bonds is 4. The van der Waals surface area contributed by atoms with Gasteiger partial charge in [-0.1, -0.05) is 18.2 Å². The lowest BCUT2D eigenvalue weighted by atomic mass is 9.97. The van der Waals surface area contributed by atoms with Crippen molar-refractivity contribution in [3.05, 3.63) is 73.0 Å². The molecule has 0 atom stereocenters. The van der Waals surface area contributed by atoms with E-state index in [1.54, 1.807) is 36.9 Å². The number of hydrogen-bond donors (Lipinski definition) is 1. The molecule has 4 aromatic rings. The van der Waals surface area contributed by atoms with Crippen molar-refractivity contribution in [3.63, 3.8) is 0 Å². The van der Waals surface area contributed by atoms with E-state index in [1.807, 2.05) is 30.3 Å². The number of aromatic nitrogens is 4. The summed E-state index contributed by atoms with van der Waals surface area (Å²) in [6.45, 7) is 3.32. The van der Waals surface area contributed by atoms with Gasteiger partial charge in [0.2, 0.25) is 5.91 Å². The highest BCUT2D eigenvalue weighted by molar-refractivity contribution is 7.18. The van der Waals surface area contributed by atoms with Crippen LogP contribution in [0.2, 0.25) is 0 Å². The Labute approximate surface area is 194 Å². The Morgan fingerprint density at radius 3 is 2.58 bits per heavy atom.